The van der Waals surface area contributed by atoms with Gasteiger partial charge in [0.15, 0.2) is 6.10 Å². The summed E-state index contributed by atoms with van der Waals surface area (Å²) in [5, 5.41) is 5.79. The molecule has 0 aliphatic heterocycles. The van der Waals surface area contributed by atoms with Crippen LogP contribution < -0.4 is 15.4 Å². The highest BCUT2D eigenvalue weighted by molar-refractivity contribution is 5.97. The summed E-state index contributed by atoms with van der Waals surface area (Å²) in [5.74, 6) is -0.593. The van der Waals surface area contributed by atoms with Crippen molar-refractivity contribution < 1.29 is 28.3 Å². The fourth-order valence-electron chi connectivity index (χ4n) is 3.46. The van der Waals surface area contributed by atoms with Crippen LogP contribution in [0.15, 0.2) is 28.9 Å². The minimum Gasteiger partial charge on any atom is -0.497 e. The van der Waals surface area contributed by atoms with E-state index in [9.17, 15) is 14.4 Å². The van der Waals surface area contributed by atoms with E-state index in [0.717, 1.165) is 31.1 Å². The molecule has 8 heteroatoms. The van der Waals surface area contributed by atoms with E-state index in [1.54, 1.807) is 25.3 Å². The van der Waals surface area contributed by atoms with Crippen molar-refractivity contribution >= 4 is 28.9 Å². The van der Waals surface area contributed by atoms with E-state index >= 15 is 0 Å². The molecule has 0 bridgehead atoms. The van der Waals surface area contributed by atoms with Gasteiger partial charge in [0.05, 0.1) is 19.8 Å². The molecule has 1 saturated carbocycles. The Morgan fingerprint density at radius 2 is 1.97 bits per heavy atom. The number of fused-ring (bicyclic) bond motifs is 1. The second-order valence-electron chi connectivity index (χ2n) is 7.23. The van der Waals surface area contributed by atoms with Crippen LogP contribution in [-0.4, -0.2) is 37.2 Å². The summed E-state index contributed by atoms with van der Waals surface area (Å²) in [5.41, 5.74) is 1.24. The van der Waals surface area contributed by atoms with E-state index in [4.69, 9.17) is 13.9 Å². The Morgan fingerprint density at radius 1 is 1.21 bits per heavy atom. The maximum atomic E-state index is 12.2. The number of ether oxygens (including phenoxy) is 2. The molecule has 3 amide bonds. The minimum atomic E-state index is -1.09. The Hall–Kier alpha value is -3.03. The monoisotopic (exact) mass is 402 g/mol. The SMILES string of the molecule is COc1ccc2c(CC(=O)O[C@H](C)C(=O)NC(=O)NC3CCCCC3)coc2c1. The lowest BCUT2D eigenvalue weighted by atomic mass is 9.96. The summed E-state index contributed by atoms with van der Waals surface area (Å²) in [6.45, 7) is 1.43. The number of hydrogen-bond donors (Lipinski definition) is 2. The highest BCUT2D eigenvalue weighted by Gasteiger charge is 2.23. The lowest BCUT2D eigenvalue weighted by Gasteiger charge is -2.23. The van der Waals surface area contributed by atoms with E-state index in [1.807, 2.05) is 0 Å². The average Bonchev–Trinajstić information content (AvgIpc) is 3.10. The predicted molar refractivity (Wildman–Crippen MR) is 106 cm³/mol. The Balaban J connectivity index is 1.49. The quantitative estimate of drug-likeness (QED) is 0.719. The smallest absolute Gasteiger partial charge is 0.321 e. The number of furan rings is 1. The Kier molecular flexibility index (Phi) is 6.74. The van der Waals surface area contributed by atoms with Crippen LogP contribution in [-0.2, 0) is 20.7 Å². The molecule has 1 fully saturated rings. The van der Waals surface area contributed by atoms with E-state index < -0.39 is 24.0 Å². The zero-order valence-electron chi connectivity index (χ0n) is 16.7. The van der Waals surface area contributed by atoms with Crippen molar-refractivity contribution in [1.29, 1.82) is 0 Å². The van der Waals surface area contributed by atoms with Crippen molar-refractivity contribution in [2.75, 3.05) is 7.11 Å². The number of methoxy groups -OCH3 is 1. The molecule has 1 aliphatic carbocycles. The number of carbonyl (C=O) groups excluding carboxylic acids is 3. The van der Waals surface area contributed by atoms with Gasteiger partial charge in [-0.2, -0.15) is 0 Å². The van der Waals surface area contributed by atoms with Gasteiger partial charge >= 0.3 is 12.0 Å². The number of amides is 3. The molecule has 0 spiro atoms. The van der Waals surface area contributed by atoms with Crippen LogP contribution in [0.4, 0.5) is 4.79 Å². The number of esters is 1. The van der Waals surface area contributed by atoms with Gasteiger partial charge in [-0.1, -0.05) is 19.3 Å². The zero-order chi connectivity index (χ0) is 20.8. The topological polar surface area (TPSA) is 107 Å². The fraction of sp³-hybridized carbons (Fsp3) is 0.476. The largest absolute Gasteiger partial charge is 0.497 e. The first-order chi connectivity index (χ1) is 14.0. The first-order valence-electron chi connectivity index (χ1n) is 9.81. The highest BCUT2D eigenvalue weighted by Crippen LogP contribution is 2.26. The molecule has 1 aliphatic rings. The molecule has 8 nitrogen and oxygen atoms in total. The second-order valence-corrected chi connectivity index (χ2v) is 7.23. The number of urea groups is 1. The summed E-state index contributed by atoms with van der Waals surface area (Å²) in [7, 11) is 1.56. The third kappa shape index (κ3) is 5.49. The first-order valence-corrected chi connectivity index (χ1v) is 9.81. The molecule has 3 rings (SSSR count). The maximum absolute atomic E-state index is 12.2. The van der Waals surface area contributed by atoms with Gasteiger partial charge in [-0.05, 0) is 31.9 Å². The molecule has 2 aromatic rings. The standard InChI is InChI=1S/C21H26N2O6/c1-13(20(25)23-21(26)22-15-6-4-3-5-7-15)29-19(24)10-14-12-28-18-11-16(27-2)8-9-17(14)18/h8-9,11-13,15H,3-7,10H2,1-2H3,(H2,22,23,25,26)/t13-/m1/s1. The van der Waals surface area contributed by atoms with Gasteiger partial charge in [-0.15, -0.1) is 0 Å². The third-order valence-corrected chi connectivity index (χ3v) is 5.05. The van der Waals surface area contributed by atoms with Crippen LogP contribution >= 0.6 is 0 Å². The van der Waals surface area contributed by atoms with E-state index in [0.29, 0.717) is 16.9 Å². The molecule has 29 heavy (non-hydrogen) atoms. The van der Waals surface area contributed by atoms with Crippen LogP contribution in [0.3, 0.4) is 0 Å². The van der Waals surface area contributed by atoms with Gasteiger partial charge in [0.1, 0.15) is 11.3 Å². The van der Waals surface area contributed by atoms with Crippen molar-refractivity contribution in [3.8, 4) is 5.75 Å². The summed E-state index contributed by atoms with van der Waals surface area (Å²) >= 11 is 0. The zero-order valence-corrected chi connectivity index (χ0v) is 16.7. The van der Waals surface area contributed by atoms with Gasteiger partial charge in [0.2, 0.25) is 0 Å². The molecule has 0 saturated heterocycles. The van der Waals surface area contributed by atoms with Crippen LogP contribution in [0, 0.1) is 0 Å². The fourth-order valence-corrected chi connectivity index (χ4v) is 3.46. The van der Waals surface area contributed by atoms with Crippen molar-refractivity contribution in [1.82, 2.24) is 10.6 Å². The Morgan fingerprint density at radius 3 is 2.69 bits per heavy atom. The summed E-state index contributed by atoms with van der Waals surface area (Å²) in [4.78, 5) is 36.3. The lowest BCUT2D eigenvalue weighted by Crippen LogP contribution is -2.48. The molecular formula is C21H26N2O6. The number of imide groups is 1. The molecule has 1 heterocycles. The van der Waals surface area contributed by atoms with Crippen molar-refractivity contribution in [2.45, 2.75) is 57.6 Å². The predicted octanol–water partition coefficient (Wildman–Crippen LogP) is 3.07. The van der Waals surface area contributed by atoms with E-state index in [-0.39, 0.29) is 12.5 Å². The molecule has 0 radical (unpaired) electrons. The van der Waals surface area contributed by atoms with Crippen LogP contribution in [0.1, 0.15) is 44.6 Å². The number of rotatable bonds is 6. The summed E-state index contributed by atoms with van der Waals surface area (Å²) in [6.07, 6.45) is 5.49. The molecular weight excluding hydrogens is 376 g/mol. The maximum Gasteiger partial charge on any atom is 0.321 e. The molecule has 2 N–H and O–H groups in total. The molecule has 0 unspecified atom stereocenters. The Bertz CT molecular complexity index is 884. The van der Waals surface area contributed by atoms with Gasteiger partial charge < -0.3 is 19.2 Å². The van der Waals surface area contributed by atoms with Crippen LogP contribution in [0.2, 0.25) is 0 Å². The van der Waals surface area contributed by atoms with E-state index in [1.165, 1.54) is 19.6 Å². The first kappa shape index (κ1) is 20.7. The molecule has 1 atom stereocenters. The number of nitrogens with one attached hydrogen (secondary N) is 2. The van der Waals surface area contributed by atoms with Crippen molar-refractivity contribution in [3.05, 3.63) is 30.0 Å². The molecule has 1 aromatic carbocycles. The van der Waals surface area contributed by atoms with Crippen LogP contribution in [0.25, 0.3) is 11.0 Å². The second kappa shape index (κ2) is 9.45. The highest BCUT2D eigenvalue weighted by atomic mass is 16.5. The number of carbonyl (C=O) groups is 3. The average molecular weight is 402 g/mol. The summed E-state index contributed by atoms with van der Waals surface area (Å²) in [6, 6.07) is 4.83. The number of benzene rings is 1. The molecule has 1 aromatic heterocycles. The van der Waals surface area contributed by atoms with Crippen molar-refractivity contribution in [2.24, 2.45) is 0 Å². The Labute approximate surface area is 168 Å². The van der Waals surface area contributed by atoms with E-state index in [2.05, 4.69) is 10.6 Å². The van der Waals surface area contributed by atoms with Gasteiger partial charge in [-0.25, -0.2) is 4.79 Å². The summed E-state index contributed by atoms with van der Waals surface area (Å²) < 4.78 is 15.8. The normalized spacial score (nSPS) is 15.5. The number of hydrogen-bond acceptors (Lipinski definition) is 6. The van der Waals surface area contributed by atoms with Gasteiger partial charge in [-0.3, -0.25) is 14.9 Å². The van der Waals surface area contributed by atoms with Crippen molar-refractivity contribution in [3.63, 3.8) is 0 Å². The van der Waals surface area contributed by atoms with Crippen LogP contribution in [0.5, 0.6) is 5.75 Å². The lowest BCUT2D eigenvalue weighted by molar-refractivity contribution is -0.153. The third-order valence-electron chi connectivity index (χ3n) is 5.05. The van der Waals surface area contributed by atoms with Gasteiger partial charge in [0.25, 0.3) is 5.91 Å². The molecule has 156 valence electrons. The minimum absolute atomic E-state index is 0.0504. The van der Waals surface area contributed by atoms with Gasteiger partial charge in [0, 0.05) is 23.1 Å².